The molecule has 1 fully saturated rings. The van der Waals surface area contributed by atoms with Gasteiger partial charge in [0.25, 0.3) is 0 Å². The zero-order chi connectivity index (χ0) is 27.6. The number of fused-ring (bicyclic) bond motifs is 6. The second-order valence-corrected chi connectivity index (χ2v) is 10.7. The third kappa shape index (κ3) is 3.29. The molecule has 1 saturated heterocycles. The number of para-hydroxylation sites is 1. The van der Waals surface area contributed by atoms with Crippen molar-refractivity contribution in [2.24, 2.45) is 5.92 Å². The van der Waals surface area contributed by atoms with Gasteiger partial charge in [0.15, 0.2) is 11.6 Å². The predicted octanol–water partition coefficient (Wildman–Crippen LogP) is 5.99. The van der Waals surface area contributed by atoms with Crippen LogP contribution in [0.5, 0.6) is 0 Å². The number of amides is 1. The highest BCUT2D eigenvalue weighted by molar-refractivity contribution is 6.18. The van der Waals surface area contributed by atoms with Crippen LogP contribution < -0.4 is 10.2 Å². The molecular formula is C34H25FN2O3. The van der Waals surface area contributed by atoms with Crippen molar-refractivity contribution in [1.29, 1.82) is 0 Å². The molecule has 1 spiro atoms. The Hall–Kier alpha value is -4.84. The van der Waals surface area contributed by atoms with Crippen molar-refractivity contribution in [2.45, 2.75) is 24.4 Å². The van der Waals surface area contributed by atoms with E-state index in [-0.39, 0.29) is 23.0 Å². The molecule has 0 aliphatic carbocycles. The second-order valence-electron chi connectivity index (χ2n) is 10.7. The minimum absolute atomic E-state index is 0.248. The summed E-state index contributed by atoms with van der Waals surface area (Å²) in [6.07, 6.45) is 3.93. The number of carbonyl (C=O) groups excluding carboxylic acids is 3. The van der Waals surface area contributed by atoms with Gasteiger partial charge in [0.05, 0.1) is 12.0 Å². The molecule has 0 bridgehead atoms. The van der Waals surface area contributed by atoms with Gasteiger partial charge in [-0.1, -0.05) is 72.3 Å². The second kappa shape index (κ2) is 8.85. The molecular weight excluding hydrogens is 503 g/mol. The highest BCUT2D eigenvalue weighted by atomic mass is 19.1. The van der Waals surface area contributed by atoms with E-state index in [1.807, 2.05) is 72.5 Å². The monoisotopic (exact) mass is 528 g/mol. The fraction of sp³-hybridized carbons (Fsp3) is 0.147. The van der Waals surface area contributed by atoms with E-state index in [1.165, 1.54) is 24.3 Å². The summed E-state index contributed by atoms with van der Waals surface area (Å²) < 4.78 is 13.9. The van der Waals surface area contributed by atoms with E-state index in [4.69, 9.17) is 0 Å². The van der Waals surface area contributed by atoms with Crippen LogP contribution in [0.15, 0.2) is 103 Å². The largest absolute Gasteiger partial charge is 0.352 e. The Kier molecular flexibility index (Phi) is 5.36. The Labute approximate surface area is 231 Å². The van der Waals surface area contributed by atoms with Crippen LogP contribution in [0.1, 0.15) is 37.4 Å². The molecule has 196 valence electrons. The quantitative estimate of drug-likeness (QED) is 0.331. The fourth-order valence-electron chi connectivity index (χ4n) is 6.87. The van der Waals surface area contributed by atoms with Gasteiger partial charge < -0.3 is 10.2 Å². The first-order valence-electron chi connectivity index (χ1n) is 13.3. The lowest BCUT2D eigenvalue weighted by Crippen LogP contribution is -2.51. The molecule has 0 radical (unpaired) electrons. The SMILES string of the molecule is Cc1ccc2c(c1)C=CC1N2C(C(=O)c2ccccc2)C(C(=O)c2ccc(F)cc2)C12C(=O)Nc1ccccc12. The Morgan fingerprint density at radius 3 is 2.33 bits per heavy atom. The third-order valence-corrected chi connectivity index (χ3v) is 8.53. The first kappa shape index (κ1) is 24.2. The normalized spacial score (nSPS) is 23.9. The van der Waals surface area contributed by atoms with Gasteiger partial charge in [-0.25, -0.2) is 4.39 Å². The van der Waals surface area contributed by atoms with Crippen molar-refractivity contribution >= 4 is 34.9 Å². The molecule has 3 aliphatic heterocycles. The minimum Gasteiger partial charge on any atom is -0.352 e. The van der Waals surface area contributed by atoms with Gasteiger partial charge in [-0.15, -0.1) is 0 Å². The molecule has 0 saturated carbocycles. The molecule has 4 aromatic carbocycles. The van der Waals surface area contributed by atoms with Crippen LogP contribution >= 0.6 is 0 Å². The molecule has 4 atom stereocenters. The smallest absolute Gasteiger partial charge is 0.238 e. The van der Waals surface area contributed by atoms with Gasteiger partial charge in [-0.2, -0.15) is 0 Å². The van der Waals surface area contributed by atoms with Crippen molar-refractivity contribution < 1.29 is 18.8 Å². The summed E-state index contributed by atoms with van der Waals surface area (Å²) in [5.74, 6) is -2.51. The maximum atomic E-state index is 14.6. The first-order chi connectivity index (χ1) is 19.4. The van der Waals surface area contributed by atoms with Crippen LogP contribution in [0.3, 0.4) is 0 Å². The van der Waals surface area contributed by atoms with Gasteiger partial charge in [0.1, 0.15) is 17.3 Å². The van der Waals surface area contributed by atoms with E-state index < -0.39 is 29.2 Å². The van der Waals surface area contributed by atoms with Crippen LogP contribution in [0, 0.1) is 18.7 Å². The molecule has 7 rings (SSSR count). The number of benzene rings is 4. The van der Waals surface area contributed by atoms with E-state index in [0.29, 0.717) is 16.8 Å². The van der Waals surface area contributed by atoms with Crippen molar-refractivity contribution in [3.63, 3.8) is 0 Å². The number of nitrogens with one attached hydrogen (secondary N) is 1. The number of anilines is 2. The summed E-state index contributed by atoms with van der Waals surface area (Å²) in [6, 6.07) is 25.9. The lowest BCUT2D eigenvalue weighted by atomic mass is 9.64. The predicted molar refractivity (Wildman–Crippen MR) is 152 cm³/mol. The lowest BCUT2D eigenvalue weighted by Gasteiger charge is -2.37. The number of ketones is 2. The zero-order valence-electron chi connectivity index (χ0n) is 21.7. The van der Waals surface area contributed by atoms with Gasteiger partial charge in [-0.05, 0) is 60.5 Å². The van der Waals surface area contributed by atoms with Crippen LogP contribution in [0.4, 0.5) is 15.8 Å². The van der Waals surface area contributed by atoms with Crippen LogP contribution in [-0.4, -0.2) is 29.6 Å². The van der Waals surface area contributed by atoms with Gasteiger partial charge in [0.2, 0.25) is 5.91 Å². The van der Waals surface area contributed by atoms with E-state index in [0.717, 1.165) is 16.8 Å². The Morgan fingerprint density at radius 1 is 0.850 bits per heavy atom. The van der Waals surface area contributed by atoms with E-state index in [2.05, 4.69) is 5.32 Å². The molecule has 6 heteroatoms. The molecule has 1 amide bonds. The molecule has 1 N–H and O–H groups in total. The van der Waals surface area contributed by atoms with E-state index in [9.17, 15) is 18.8 Å². The van der Waals surface area contributed by atoms with E-state index >= 15 is 0 Å². The summed E-state index contributed by atoms with van der Waals surface area (Å²) in [5.41, 5.74) is 3.38. The summed E-state index contributed by atoms with van der Waals surface area (Å²) >= 11 is 0. The summed E-state index contributed by atoms with van der Waals surface area (Å²) in [5, 5.41) is 3.02. The van der Waals surface area contributed by atoms with Crippen LogP contribution in [0.2, 0.25) is 0 Å². The number of hydrogen-bond acceptors (Lipinski definition) is 4. The average molecular weight is 529 g/mol. The van der Waals surface area contributed by atoms with E-state index in [1.54, 1.807) is 24.3 Å². The standard InChI is InChI=1S/C34H25FN2O3/c1-20-11-17-27-23(19-20)14-18-28-34(25-9-5-6-10-26(25)36-33(34)40)29(31(38)22-12-15-24(35)16-13-22)30(37(27)28)32(39)21-7-3-2-4-8-21/h2-19,28-30H,1H3,(H,36,40). The number of hydrogen-bond donors (Lipinski definition) is 1. The number of carbonyl (C=O) groups is 3. The highest BCUT2D eigenvalue weighted by Crippen LogP contribution is 2.58. The Morgan fingerprint density at radius 2 is 1.55 bits per heavy atom. The minimum atomic E-state index is -1.39. The van der Waals surface area contributed by atoms with Crippen molar-refractivity contribution in [3.8, 4) is 0 Å². The van der Waals surface area contributed by atoms with Gasteiger partial charge >= 0.3 is 0 Å². The van der Waals surface area contributed by atoms with Crippen LogP contribution in [-0.2, 0) is 10.2 Å². The maximum absolute atomic E-state index is 14.6. The Balaban J connectivity index is 1.54. The molecule has 3 aliphatic rings. The van der Waals surface area contributed by atoms with Crippen molar-refractivity contribution in [3.05, 3.63) is 137 Å². The maximum Gasteiger partial charge on any atom is 0.238 e. The van der Waals surface area contributed by atoms with Gasteiger partial charge in [-0.3, -0.25) is 14.4 Å². The first-order valence-corrected chi connectivity index (χ1v) is 13.3. The number of aryl methyl sites for hydroxylation is 1. The molecule has 4 aromatic rings. The summed E-state index contributed by atoms with van der Waals surface area (Å²) in [6.45, 7) is 2.00. The fourth-order valence-corrected chi connectivity index (χ4v) is 6.87. The van der Waals surface area contributed by atoms with Crippen molar-refractivity contribution in [2.75, 3.05) is 10.2 Å². The molecule has 3 heterocycles. The highest BCUT2D eigenvalue weighted by Gasteiger charge is 2.70. The average Bonchev–Trinajstić information content (AvgIpc) is 3.45. The molecule has 4 unspecified atom stereocenters. The molecule has 5 nitrogen and oxygen atoms in total. The van der Waals surface area contributed by atoms with Gasteiger partial charge in [0, 0.05) is 22.5 Å². The Bertz CT molecular complexity index is 1730. The third-order valence-electron chi connectivity index (χ3n) is 8.53. The topological polar surface area (TPSA) is 66.5 Å². The number of nitrogens with zero attached hydrogens (tertiary/aromatic N) is 1. The van der Waals surface area contributed by atoms with Crippen LogP contribution in [0.25, 0.3) is 6.08 Å². The number of rotatable bonds is 4. The number of halogens is 1. The summed E-state index contributed by atoms with van der Waals surface area (Å²) in [7, 11) is 0. The van der Waals surface area contributed by atoms with Crippen molar-refractivity contribution in [1.82, 2.24) is 0 Å². The lowest BCUT2D eigenvalue weighted by molar-refractivity contribution is -0.121. The molecule has 0 aromatic heterocycles. The molecule has 40 heavy (non-hydrogen) atoms. The summed E-state index contributed by atoms with van der Waals surface area (Å²) in [4.78, 5) is 45.4. The number of Topliss-reactive ketones (excluding diaryl/α,β-unsaturated/α-hetero) is 2. The zero-order valence-corrected chi connectivity index (χ0v) is 21.7.